The lowest BCUT2D eigenvalue weighted by molar-refractivity contribution is 0.739. The molecule has 0 N–H and O–H groups in total. The van der Waals surface area contributed by atoms with Crippen molar-refractivity contribution in [2.45, 2.75) is 17.0 Å². The first-order valence-corrected chi connectivity index (χ1v) is 5.43. The summed E-state index contributed by atoms with van der Waals surface area (Å²) in [5.74, 6) is 1.05. The molecule has 2 aliphatic heterocycles. The van der Waals surface area contributed by atoms with Gasteiger partial charge in [0.25, 0.3) is 14.1 Å². The minimum atomic E-state index is -0.167. The molecule has 0 aromatic carbocycles. The van der Waals surface area contributed by atoms with Crippen LogP contribution < -0.4 is 0 Å². The van der Waals surface area contributed by atoms with E-state index in [2.05, 4.69) is 11.0 Å². The fraction of sp³-hybridized carbons (Fsp3) is 0.667. The average Bonchev–Trinajstić information content (AvgIpc) is 2.22. The third-order valence-corrected chi connectivity index (χ3v) is 5.22. The summed E-state index contributed by atoms with van der Waals surface area (Å²) in [6.45, 7) is 0. The summed E-state index contributed by atoms with van der Waals surface area (Å²) in [5.41, 5.74) is 0. The van der Waals surface area contributed by atoms with Gasteiger partial charge in [0, 0.05) is 0 Å². The summed E-state index contributed by atoms with van der Waals surface area (Å²) in [5, 5.41) is 3.22. The highest BCUT2D eigenvalue weighted by Crippen LogP contribution is 2.33. The van der Waals surface area contributed by atoms with Crippen LogP contribution in [0.15, 0.2) is 11.0 Å². The van der Waals surface area contributed by atoms with Crippen LogP contribution in [0.5, 0.6) is 0 Å². The molecule has 2 rings (SSSR count). The van der Waals surface area contributed by atoms with Crippen LogP contribution in [-0.2, 0) is 0 Å². The maximum absolute atomic E-state index is 2.52. The Morgan fingerprint density at radius 3 is 2.71 bits per heavy atom. The summed E-state index contributed by atoms with van der Waals surface area (Å²) in [6.07, 6.45) is 3.98. The fourth-order valence-electron chi connectivity index (χ4n) is 1.72. The Labute approximate surface area is 48.6 Å². The third kappa shape index (κ3) is 0.562. The summed E-state index contributed by atoms with van der Waals surface area (Å²) >= 11 is -0.167. The monoisotopic (exact) mass is 108 g/mol. The Kier molecular flexibility index (Phi) is 0.820. The highest BCUT2D eigenvalue weighted by atomic mass is 27.2. The molecule has 1 heteroatoms. The van der Waals surface area contributed by atoms with Crippen LogP contribution in [0.3, 0.4) is 0 Å². The molecule has 2 bridgehead atoms. The van der Waals surface area contributed by atoms with Gasteiger partial charge in [-0.1, -0.05) is 17.0 Å². The Bertz CT molecular complexity index is 94.7. The smallest absolute Gasteiger partial charge is 0.148 e. The Morgan fingerprint density at radius 1 is 1.57 bits per heavy atom. The predicted octanol–water partition coefficient (Wildman–Crippen LogP) is 1.61. The van der Waals surface area contributed by atoms with Gasteiger partial charge in [-0.3, -0.25) is 0 Å². The van der Waals surface area contributed by atoms with E-state index in [0.29, 0.717) is 0 Å². The number of hydrogen-bond acceptors (Lipinski definition) is 0. The Balaban J connectivity index is 2.27. The van der Waals surface area contributed by atoms with Crippen molar-refractivity contribution in [2.75, 3.05) is 0 Å². The van der Waals surface area contributed by atoms with E-state index in [1.54, 1.807) is 10.6 Å². The molecule has 1 atom stereocenters. The number of fused-ring (bicyclic) bond motifs is 2. The van der Waals surface area contributed by atoms with Gasteiger partial charge < -0.3 is 0 Å². The topological polar surface area (TPSA) is 0 Å². The zero-order valence-electron chi connectivity index (χ0n) is 4.43. The molecule has 0 aliphatic carbocycles. The molecule has 1 unspecified atom stereocenters. The highest BCUT2D eigenvalue weighted by Gasteiger charge is 2.30. The molecule has 2 aliphatic rings. The molecule has 0 saturated carbocycles. The van der Waals surface area contributed by atoms with E-state index in [0.717, 1.165) is 5.92 Å². The van der Waals surface area contributed by atoms with Crippen molar-refractivity contribution < 1.29 is 0 Å². The standard InChI is InChI=1S/C6H9.Al/c1-4-6(3)5-2;/h1,4,6H,2-3,5H2;. The number of rotatable bonds is 0. The van der Waals surface area contributed by atoms with E-state index in [-0.39, 0.29) is 14.1 Å². The van der Waals surface area contributed by atoms with Gasteiger partial charge in [0.2, 0.25) is 0 Å². The summed E-state index contributed by atoms with van der Waals surface area (Å²) in [4.78, 5) is 2.52. The van der Waals surface area contributed by atoms with E-state index in [1.807, 2.05) is 0 Å². The maximum Gasteiger partial charge on any atom is 0.294 e. The van der Waals surface area contributed by atoms with Gasteiger partial charge in [0.15, 0.2) is 0 Å². The molecule has 0 aromatic heterocycles. The van der Waals surface area contributed by atoms with Gasteiger partial charge in [-0.25, -0.2) is 0 Å². The number of allylic oxidation sites excluding steroid dienone is 1. The SMILES string of the molecule is C1=[CH][Al]2[CH2]CC1[CH2]2. The van der Waals surface area contributed by atoms with Crippen LogP contribution in [0.1, 0.15) is 6.42 Å². The maximum atomic E-state index is 2.52. The number of hydrogen-bond donors (Lipinski definition) is 0. The third-order valence-electron chi connectivity index (χ3n) is 2.17. The lowest BCUT2D eigenvalue weighted by Gasteiger charge is -1.96. The molecule has 1 saturated heterocycles. The van der Waals surface area contributed by atoms with E-state index in [9.17, 15) is 0 Å². The first kappa shape index (κ1) is 4.18. The van der Waals surface area contributed by atoms with Crippen LogP contribution in [0.4, 0.5) is 0 Å². The van der Waals surface area contributed by atoms with Gasteiger partial charge in [0.05, 0.1) is 0 Å². The van der Waals surface area contributed by atoms with E-state index in [4.69, 9.17) is 0 Å². The van der Waals surface area contributed by atoms with Crippen LogP contribution in [0.2, 0.25) is 10.6 Å². The molecule has 7 heavy (non-hydrogen) atoms. The van der Waals surface area contributed by atoms with Crippen LogP contribution in [-0.4, -0.2) is 14.1 Å². The summed E-state index contributed by atoms with van der Waals surface area (Å²) in [7, 11) is 0. The fourth-order valence-corrected chi connectivity index (χ4v) is 4.96. The molecule has 0 radical (unpaired) electrons. The minimum Gasteiger partial charge on any atom is -0.148 e. The molecule has 36 valence electrons. The molecule has 0 aromatic rings. The van der Waals surface area contributed by atoms with Gasteiger partial charge >= 0.3 is 0 Å². The molecular formula is C6H9Al. The quantitative estimate of drug-likeness (QED) is 0.413. The van der Waals surface area contributed by atoms with Gasteiger partial charge in [-0.05, 0) is 5.92 Å². The van der Waals surface area contributed by atoms with E-state index in [1.165, 1.54) is 6.42 Å². The first-order valence-electron chi connectivity index (χ1n) is 3.13. The van der Waals surface area contributed by atoms with Crippen LogP contribution in [0.25, 0.3) is 0 Å². The molecule has 0 amide bonds. The van der Waals surface area contributed by atoms with Crippen molar-refractivity contribution >= 4 is 14.1 Å². The Hall–Kier alpha value is 0.272. The van der Waals surface area contributed by atoms with Gasteiger partial charge in [-0.2, -0.15) is 0 Å². The predicted molar refractivity (Wildman–Crippen MR) is 32.6 cm³/mol. The van der Waals surface area contributed by atoms with Crippen LogP contribution in [0, 0.1) is 5.92 Å². The summed E-state index contributed by atoms with van der Waals surface area (Å²) < 4.78 is 0. The van der Waals surface area contributed by atoms with E-state index >= 15 is 0 Å². The average molecular weight is 108 g/mol. The lowest BCUT2D eigenvalue weighted by Crippen LogP contribution is -1.96. The van der Waals surface area contributed by atoms with Crippen molar-refractivity contribution in [3.63, 3.8) is 0 Å². The zero-order chi connectivity index (χ0) is 4.69. The van der Waals surface area contributed by atoms with E-state index < -0.39 is 0 Å². The molecule has 0 spiro atoms. The van der Waals surface area contributed by atoms with Crippen LogP contribution >= 0.6 is 0 Å². The van der Waals surface area contributed by atoms with Gasteiger partial charge in [0.1, 0.15) is 0 Å². The second kappa shape index (κ2) is 1.37. The van der Waals surface area contributed by atoms with Gasteiger partial charge in [-0.15, -0.1) is 11.0 Å². The summed E-state index contributed by atoms with van der Waals surface area (Å²) in [6, 6.07) is 0. The zero-order valence-corrected chi connectivity index (χ0v) is 5.59. The molecular weight excluding hydrogens is 99.0 g/mol. The first-order chi connectivity index (χ1) is 3.45. The minimum absolute atomic E-state index is 0.167. The van der Waals surface area contributed by atoms with Crippen molar-refractivity contribution in [1.29, 1.82) is 0 Å². The second-order valence-electron chi connectivity index (χ2n) is 2.72. The second-order valence-corrected chi connectivity index (χ2v) is 5.67. The molecule has 0 nitrogen and oxygen atoms in total. The molecule has 1 fully saturated rings. The van der Waals surface area contributed by atoms with Crippen molar-refractivity contribution in [2.24, 2.45) is 5.92 Å². The van der Waals surface area contributed by atoms with Crippen molar-refractivity contribution in [3.8, 4) is 0 Å². The highest BCUT2D eigenvalue weighted by molar-refractivity contribution is 6.66. The lowest BCUT2D eigenvalue weighted by atomic mass is 10.1. The van der Waals surface area contributed by atoms with Crippen molar-refractivity contribution in [1.82, 2.24) is 0 Å². The molecule has 2 heterocycles. The van der Waals surface area contributed by atoms with Crippen molar-refractivity contribution in [3.05, 3.63) is 11.0 Å². The Morgan fingerprint density at radius 2 is 2.57 bits per heavy atom. The normalized spacial score (nSPS) is 35.4. The largest absolute Gasteiger partial charge is 0.294 e.